The average molecular weight is 745 g/mol. The number of unbranched alkanes of at least 4 members (excludes halogenated alkanes) is 4. The van der Waals surface area contributed by atoms with Gasteiger partial charge in [0.25, 0.3) is 0 Å². The number of allylic oxidation sites excluding steroid dienone is 1. The van der Waals surface area contributed by atoms with Gasteiger partial charge in [0.15, 0.2) is 0 Å². The van der Waals surface area contributed by atoms with Gasteiger partial charge < -0.3 is 20.8 Å². The van der Waals surface area contributed by atoms with Crippen LogP contribution in [0.3, 0.4) is 0 Å². The molecule has 5 fully saturated rings. The summed E-state index contributed by atoms with van der Waals surface area (Å²) >= 11 is 0. The Hall–Kier alpha value is -2.67. The molecular formula is C47H72N2O5. The fourth-order valence-electron chi connectivity index (χ4n) is 14.2. The summed E-state index contributed by atoms with van der Waals surface area (Å²) in [4.78, 5) is 38.5. The Balaban J connectivity index is 1.03. The Bertz CT molecular complexity index is 1540. The zero-order chi connectivity index (χ0) is 39.1. The Labute approximate surface area is 326 Å². The van der Waals surface area contributed by atoms with Crippen molar-refractivity contribution >= 4 is 17.8 Å². The van der Waals surface area contributed by atoms with Crippen LogP contribution in [0.5, 0.6) is 0 Å². The normalized spacial score (nSPS) is 38.5. The number of rotatable bonds is 14. The van der Waals surface area contributed by atoms with Crippen LogP contribution < -0.4 is 10.6 Å². The van der Waals surface area contributed by atoms with Gasteiger partial charge in [0.1, 0.15) is 0 Å². The first kappa shape index (κ1) is 41.0. The van der Waals surface area contributed by atoms with Crippen molar-refractivity contribution in [2.24, 2.45) is 56.7 Å². The van der Waals surface area contributed by atoms with E-state index in [1.165, 1.54) is 31.3 Å². The Kier molecular flexibility index (Phi) is 11.9. The first-order chi connectivity index (χ1) is 25.5. The Morgan fingerprint density at radius 2 is 1.52 bits per heavy atom. The molecule has 5 aliphatic rings. The highest BCUT2D eigenvalue weighted by molar-refractivity contribution is 5.84. The summed E-state index contributed by atoms with van der Waals surface area (Å²) in [7, 11) is 0. The SMILES string of the molecule is C=C(C)[C@@H]1CC[C@]2(C(=O)NCCCCCCCC(=O)NC(CC(=O)O)c3ccccc3)CC[C@]3(C)[C@H](CC[C@@H]4[C@@]5(C)CC[C@H](O)C(C)(C)[C@@H]5CC[C@]43C)[C@@H]12. The van der Waals surface area contributed by atoms with Crippen molar-refractivity contribution in [3.05, 3.63) is 48.0 Å². The van der Waals surface area contributed by atoms with Crippen LogP contribution in [-0.2, 0) is 14.4 Å². The first-order valence-corrected chi connectivity index (χ1v) is 21.7. The van der Waals surface area contributed by atoms with Crippen molar-refractivity contribution in [1.29, 1.82) is 0 Å². The monoisotopic (exact) mass is 745 g/mol. The van der Waals surface area contributed by atoms with E-state index in [1.807, 2.05) is 30.3 Å². The molecule has 2 amide bonds. The van der Waals surface area contributed by atoms with Gasteiger partial charge in [0.2, 0.25) is 11.8 Å². The number of carboxylic acids is 1. The van der Waals surface area contributed by atoms with E-state index in [2.05, 4.69) is 58.8 Å². The van der Waals surface area contributed by atoms with Crippen molar-refractivity contribution in [2.45, 2.75) is 163 Å². The molecule has 11 atom stereocenters. The van der Waals surface area contributed by atoms with E-state index < -0.39 is 12.0 Å². The quantitative estimate of drug-likeness (QED) is 0.112. The van der Waals surface area contributed by atoms with Gasteiger partial charge in [0.05, 0.1) is 24.0 Å². The molecule has 54 heavy (non-hydrogen) atoms. The topological polar surface area (TPSA) is 116 Å². The molecular weight excluding hydrogens is 673 g/mol. The highest BCUT2D eigenvalue weighted by Crippen LogP contribution is 2.77. The van der Waals surface area contributed by atoms with Gasteiger partial charge in [-0.15, -0.1) is 0 Å². The van der Waals surface area contributed by atoms with E-state index in [-0.39, 0.29) is 51.4 Å². The second-order valence-corrected chi connectivity index (χ2v) is 20.1. The summed E-state index contributed by atoms with van der Waals surface area (Å²) < 4.78 is 0. The molecule has 0 heterocycles. The van der Waals surface area contributed by atoms with E-state index in [0.717, 1.165) is 76.2 Å². The lowest BCUT2D eigenvalue weighted by molar-refractivity contribution is -0.246. The summed E-state index contributed by atoms with van der Waals surface area (Å²) in [5.41, 5.74) is 2.38. The summed E-state index contributed by atoms with van der Waals surface area (Å²) in [6, 6.07) is 8.77. The van der Waals surface area contributed by atoms with Gasteiger partial charge in [-0.05, 0) is 141 Å². The molecule has 5 aliphatic carbocycles. The minimum absolute atomic E-state index is 0.0454. The first-order valence-electron chi connectivity index (χ1n) is 21.7. The van der Waals surface area contributed by atoms with Crippen molar-refractivity contribution in [3.8, 4) is 0 Å². The number of amides is 2. The minimum atomic E-state index is -0.934. The predicted molar refractivity (Wildman–Crippen MR) is 215 cm³/mol. The lowest BCUT2D eigenvalue weighted by Crippen LogP contribution is -2.67. The number of carboxylic acid groups (broad SMARTS) is 1. The van der Waals surface area contributed by atoms with Crippen LogP contribution in [0, 0.1) is 56.7 Å². The molecule has 0 bridgehead atoms. The number of benzene rings is 1. The van der Waals surface area contributed by atoms with Gasteiger partial charge in [0, 0.05) is 13.0 Å². The second-order valence-electron chi connectivity index (χ2n) is 20.1. The number of aliphatic hydroxyl groups excluding tert-OH is 1. The smallest absolute Gasteiger partial charge is 0.305 e. The van der Waals surface area contributed by atoms with E-state index in [1.54, 1.807) is 0 Å². The summed E-state index contributed by atoms with van der Waals surface area (Å²) in [5.74, 6) is 1.73. The van der Waals surface area contributed by atoms with Crippen LogP contribution in [0.25, 0.3) is 0 Å². The van der Waals surface area contributed by atoms with Crippen LogP contribution >= 0.6 is 0 Å². The predicted octanol–water partition coefficient (Wildman–Crippen LogP) is 9.79. The van der Waals surface area contributed by atoms with Crippen molar-refractivity contribution in [2.75, 3.05) is 6.54 Å². The third kappa shape index (κ3) is 7.11. The van der Waals surface area contributed by atoms with Gasteiger partial charge in [-0.3, -0.25) is 14.4 Å². The third-order valence-corrected chi connectivity index (χ3v) is 17.3. The highest BCUT2D eigenvalue weighted by atomic mass is 16.4. The number of aliphatic hydroxyl groups is 1. The maximum atomic E-state index is 14.5. The Morgan fingerprint density at radius 3 is 2.22 bits per heavy atom. The molecule has 0 radical (unpaired) electrons. The molecule has 0 spiro atoms. The Morgan fingerprint density at radius 1 is 0.815 bits per heavy atom. The number of carbonyl (C=O) groups excluding carboxylic acids is 2. The number of nitrogens with one attached hydrogen (secondary N) is 2. The van der Waals surface area contributed by atoms with Crippen LogP contribution in [0.4, 0.5) is 0 Å². The molecule has 0 aromatic heterocycles. The van der Waals surface area contributed by atoms with Gasteiger partial charge in [-0.25, -0.2) is 0 Å². The van der Waals surface area contributed by atoms with Crippen molar-refractivity contribution < 1.29 is 24.6 Å². The molecule has 4 N–H and O–H groups in total. The molecule has 1 aromatic carbocycles. The molecule has 1 unspecified atom stereocenters. The van der Waals surface area contributed by atoms with Gasteiger partial charge in [-0.1, -0.05) is 96.4 Å². The zero-order valence-electron chi connectivity index (χ0n) is 34.5. The average Bonchev–Trinajstić information content (AvgIpc) is 3.53. The number of hydrogen-bond acceptors (Lipinski definition) is 4. The fourth-order valence-corrected chi connectivity index (χ4v) is 14.2. The van der Waals surface area contributed by atoms with Gasteiger partial charge >= 0.3 is 5.97 Å². The molecule has 0 saturated heterocycles. The van der Waals surface area contributed by atoms with E-state index in [4.69, 9.17) is 0 Å². The van der Waals surface area contributed by atoms with Crippen LogP contribution in [0.2, 0.25) is 0 Å². The van der Waals surface area contributed by atoms with E-state index in [9.17, 15) is 24.6 Å². The fraction of sp³-hybridized carbons (Fsp3) is 0.766. The minimum Gasteiger partial charge on any atom is -0.481 e. The van der Waals surface area contributed by atoms with Crippen LogP contribution in [0.1, 0.15) is 162 Å². The largest absolute Gasteiger partial charge is 0.481 e. The molecule has 5 saturated carbocycles. The van der Waals surface area contributed by atoms with E-state index >= 15 is 0 Å². The molecule has 7 nitrogen and oxygen atoms in total. The number of aliphatic carboxylic acids is 1. The zero-order valence-corrected chi connectivity index (χ0v) is 34.5. The van der Waals surface area contributed by atoms with Gasteiger partial charge in [-0.2, -0.15) is 0 Å². The molecule has 7 heteroatoms. The van der Waals surface area contributed by atoms with Crippen molar-refractivity contribution in [3.63, 3.8) is 0 Å². The van der Waals surface area contributed by atoms with Crippen molar-refractivity contribution in [1.82, 2.24) is 10.6 Å². The lowest BCUT2D eigenvalue weighted by Gasteiger charge is -2.72. The van der Waals surface area contributed by atoms with Crippen LogP contribution in [0.15, 0.2) is 42.5 Å². The highest BCUT2D eigenvalue weighted by Gasteiger charge is 2.71. The maximum Gasteiger partial charge on any atom is 0.305 e. The summed E-state index contributed by atoms with van der Waals surface area (Å²) in [6.07, 6.45) is 15.7. The number of carbonyl (C=O) groups is 3. The maximum absolute atomic E-state index is 14.5. The molecule has 6 rings (SSSR count). The number of hydrogen-bond donors (Lipinski definition) is 4. The molecule has 300 valence electrons. The standard InChI is InChI=1S/C47H72N2O5/c1-31(2)33-21-26-47(42(54)48-29-15-10-8-9-14-18-39(51)49-35(30-40(52)53)32-16-12-11-13-17-32)28-27-45(6)34(41(33)47)19-20-37-44(5)24-23-38(50)43(3,4)36(44)22-25-46(37,45)7/h11-13,16-17,33-38,41,50H,1,8-10,14-15,18-30H2,2-7H3,(H,48,54)(H,49,51)(H,52,53)/t33-,34+,35?,36-,37+,38-,41+,44-,45+,46+,47-/m0/s1. The molecule has 0 aliphatic heterocycles. The van der Waals surface area contributed by atoms with Crippen LogP contribution in [-0.4, -0.2) is 40.6 Å². The lowest BCUT2D eigenvalue weighted by atomic mass is 9.32. The number of fused-ring (bicyclic) bond motifs is 7. The summed E-state index contributed by atoms with van der Waals surface area (Å²) in [6.45, 7) is 20.0. The van der Waals surface area contributed by atoms with E-state index in [0.29, 0.717) is 42.6 Å². The summed E-state index contributed by atoms with van der Waals surface area (Å²) in [5, 5.41) is 26.8. The second kappa shape index (κ2) is 15.7. The molecule has 1 aromatic rings. The third-order valence-electron chi connectivity index (χ3n) is 17.3.